The molecular weight excluding hydrogens is 276 g/mol. The minimum Gasteiger partial charge on any atom is -0.481 e. The molecule has 0 aliphatic carbocycles. The molecule has 1 amide bonds. The Kier molecular flexibility index (Phi) is 5.75. The number of hydrogen-bond acceptors (Lipinski definition) is 3. The van der Waals surface area contributed by atoms with Crippen LogP contribution in [0.2, 0.25) is 0 Å². The lowest BCUT2D eigenvalue weighted by Gasteiger charge is -2.15. The Morgan fingerprint density at radius 3 is 2.63 bits per heavy atom. The van der Waals surface area contributed by atoms with Crippen LogP contribution >= 0.6 is 11.8 Å². The van der Waals surface area contributed by atoms with Crippen molar-refractivity contribution >= 4 is 23.6 Å². The zero-order valence-corrected chi connectivity index (χ0v) is 11.0. The van der Waals surface area contributed by atoms with Gasteiger partial charge in [0.2, 0.25) is 5.91 Å². The average Bonchev–Trinajstić information content (AvgIpc) is 2.34. The summed E-state index contributed by atoms with van der Waals surface area (Å²) in [5.41, 5.74) is 0. The largest absolute Gasteiger partial charge is 0.481 e. The first-order valence-corrected chi connectivity index (χ1v) is 6.42. The number of thioether (sulfide) groups is 1. The predicted molar refractivity (Wildman–Crippen MR) is 67.0 cm³/mol. The van der Waals surface area contributed by atoms with Crippen molar-refractivity contribution in [2.75, 3.05) is 19.3 Å². The quantitative estimate of drug-likeness (QED) is 0.814. The fraction of sp³-hybridized carbons (Fsp3) is 0.333. The summed E-state index contributed by atoms with van der Waals surface area (Å²) in [4.78, 5) is 23.4. The molecule has 0 aliphatic rings. The van der Waals surface area contributed by atoms with Crippen molar-refractivity contribution in [3.8, 4) is 0 Å². The molecule has 7 heteroatoms. The third-order valence-electron chi connectivity index (χ3n) is 2.33. The first kappa shape index (κ1) is 15.4. The zero-order valence-electron chi connectivity index (χ0n) is 10.2. The summed E-state index contributed by atoms with van der Waals surface area (Å²) in [5, 5.41) is 8.49. The van der Waals surface area contributed by atoms with Gasteiger partial charge in [-0.15, -0.1) is 11.8 Å². The van der Waals surface area contributed by atoms with E-state index in [1.165, 1.54) is 18.0 Å². The van der Waals surface area contributed by atoms with Crippen LogP contribution in [0.15, 0.2) is 23.1 Å². The van der Waals surface area contributed by atoms with Crippen LogP contribution in [-0.2, 0) is 9.59 Å². The monoisotopic (exact) mass is 289 g/mol. The Morgan fingerprint density at radius 1 is 1.37 bits per heavy atom. The molecule has 0 heterocycles. The summed E-state index contributed by atoms with van der Waals surface area (Å²) < 4.78 is 26.0. The van der Waals surface area contributed by atoms with Crippen molar-refractivity contribution in [3.05, 3.63) is 29.8 Å². The maximum Gasteiger partial charge on any atom is 0.305 e. The second-order valence-electron chi connectivity index (χ2n) is 3.82. The van der Waals surface area contributed by atoms with Gasteiger partial charge in [0.15, 0.2) is 0 Å². The molecule has 0 saturated carbocycles. The molecule has 0 aliphatic heterocycles. The van der Waals surface area contributed by atoms with Gasteiger partial charge in [0.05, 0.1) is 12.2 Å². The molecule has 1 aromatic rings. The second-order valence-corrected chi connectivity index (χ2v) is 4.84. The molecule has 0 saturated heterocycles. The van der Waals surface area contributed by atoms with Crippen LogP contribution in [0, 0.1) is 11.6 Å². The summed E-state index contributed by atoms with van der Waals surface area (Å²) in [7, 11) is 1.48. The number of nitrogens with zero attached hydrogens (tertiary/aromatic N) is 1. The summed E-state index contributed by atoms with van der Waals surface area (Å²) in [6.07, 6.45) is -0.141. The van der Waals surface area contributed by atoms with Gasteiger partial charge in [-0.05, 0) is 12.1 Å². The predicted octanol–water partition coefficient (Wildman–Crippen LogP) is 1.99. The molecule has 0 unspecified atom stereocenters. The highest BCUT2D eigenvalue weighted by Crippen LogP contribution is 2.22. The topological polar surface area (TPSA) is 57.6 Å². The smallest absolute Gasteiger partial charge is 0.305 e. The van der Waals surface area contributed by atoms with Crippen LogP contribution in [0.4, 0.5) is 8.78 Å². The van der Waals surface area contributed by atoms with Gasteiger partial charge in [0.1, 0.15) is 11.6 Å². The van der Waals surface area contributed by atoms with Crippen molar-refractivity contribution in [3.63, 3.8) is 0 Å². The molecule has 1 N–H and O–H groups in total. The molecular formula is C12H13F2NO3S. The Labute approximate surface area is 113 Å². The maximum atomic E-state index is 13.3. The van der Waals surface area contributed by atoms with E-state index in [-0.39, 0.29) is 29.5 Å². The average molecular weight is 289 g/mol. The zero-order chi connectivity index (χ0) is 14.4. The lowest BCUT2D eigenvalue weighted by Crippen LogP contribution is -2.30. The number of hydrogen-bond donors (Lipinski definition) is 1. The standard InChI is InChI=1S/C12H13F2NO3S/c1-15(5-4-12(17)18)11(16)7-19-10-3-2-8(13)6-9(10)14/h2-3,6H,4-5,7H2,1H3,(H,17,18). The van der Waals surface area contributed by atoms with Crippen molar-refractivity contribution in [1.29, 1.82) is 0 Å². The van der Waals surface area contributed by atoms with E-state index < -0.39 is 17.6 Å². The molecule has 0 atom stereocenters. The minimum atomic E-state index is -0.989. The van der Waals surface area contributed by atoms with Gasteiger partial charge in [0, 0.05) is 24.6 Å². The number of carboxylic acids is 1. The van der Waals surface area contributed by atoms with E-state index in [2.05, 4.69) is 0 Å². The molecule has 0 aromatic heterocycles. The molecule has 19 heavy (non-hydrogen) atoms. The molecule has 1 rings (SSSR count). The number of amides is 1. The van der Waals surface area contributed by atoms with Gasteiger partial charge < -0.3 is 10.0 Å². The summed E-state index contributed by atoms with van der Waals surface area (Å²) in [5.74, 6) is -2.72. The summed E-state index contributed by atoms with van der Waals surface area (Å²) in [6, 6.07) is 3.13. The van der Waals surface area contributed by atoms with Crippen LogP contribution < -0.4 is 0 Å². The van der Waals surface area contributed by atoms with Crippen LogP contribution in [0.1, 0.15) is 6.42 Å². The Bertz CT molecular complexity index is 482. The van der Waals surface area contributed by atoms with E-state index in [1.54, 1.807) is 0 Å². The minimum absolute atomic E-state index is 0.0291. The molecule has 104 valence electrons. The second kappa shape index (κ2) is 7.08. The van der Waals surface area contributed by atoms with E-state index >= 15 is 0 Å². The third-order valence-corrected chi connectivity index (χ3v) is 3.37. The van der Waals surface area contributed by atoms with Crippen LogP contribution in [-0.4, -0.2) is 41.2 Å². The van der Waals surface area contributed by atoms with Crippen molar-refractivity contribution in [2.45, 2.75) is 11.3 Å². The highest BCUT2D eigenvalue weighted by Gasteiger charge is 2.12. The van der Waals surface area contributed by atoms with Gasteiger partial charge in [-0.3, -0.25) is 9.59 Å². The number of carboxylic acid groups (broad SMARTS) is 1. The van der Waals surface area contributed by atoms with Crippen LogP contribution in [0.25, 0.3) is 0 Å². The number of aliphatic carboxylic acids is 1. The van der Waals surface area contributed by atoms with E-state index in [0.717, 1.165) is 23.9 Å². The third kappa shape index (κ3) is 5.25. The number of halogens is 2. The molecule has 1 aromatic carbocycles. The van der Waals surface area contributed by atoms with E-state index in [0.29, 0.717) is 0 Å². The highest BCUT2D eigenvalue weighted by atomic mass is 32.2. The molecule has 0 radical (unpaired) electrons. The van der Waals surface area contributed by atoms with Crippen molar-refractivity contribution in [2.24, 2.45) is 0 Å². The van der Waals surface area contributed by atoms with Gasteiger partial charge in [0.25, 0.3) is 0 Å². The summed E-state index contributed by atoms with van der Waals surface area (Å²) >= 11 is 0.946. The van der Waals surface area contributed by atoms with Crippen LogP contribution in [0.3, 0.4) is 0 Å². The van der Waals surface area contributed by atoms with Gasteiger partial charge in [-0.1, -0.05) is 0 Å². The van der Waals surface area contributed by atoms with Gasteiger partial charge >= 0.3 is 5.97 Å². The van der Waals surface area contributed by atoms with Crippen molar-refractivity contribution in [1.82, 2.24) is 4.90 Å². The van der Waals surface area contributed by atoms with E-state index in [9.17, 15) is 18.4 Å². The molecule has 0 bridgehead atoms. The molecule has 0 spiro atoms. The Balaban J connectivity index is 2.47. The van der Waals surface area contributed by atoms with E-state index in [4.69, 9.17) is 5.11 Å². The summed E-state index contributed by atoms with van der Waals surface area (Å²) in [6.45, 7) is 0.0978. The Morgan fingerprint density at radius 2 is 2.05 bits per heavy atom. The number of rotatable bonds is 6. The maximum absolute atomic E-state index is 13.3. The number of carbonyl (C=O) groups excluding carboxylic acids is 1. The Hall–Kier alpha value is -1.63. The SMILES string of the molecule is CN(CCC(=O)O)C(=O)CSc1ccc(F)cc1F. The lowest BCUT2D eigenvalue weighted by atomic mass is 10.3. The van der Waals surface area contributed by atoms with E-state index in [1.807, 2.05) is 0 Å². The van der Waals surface area contributed by atoms with Gasteiger partial charge in [-0.25, -0.2) is 8.78 Å². The molecule has 0 fully saturated rings. The number of carbonyl (C=O) groups is 2. The molecule has 4 nitrogen and oxygen atoms in total. The lowest BCUT2D eigenvalue weighted by molar-refractivity contribution is -0.137. The fourth-order valence-electron chi connectivity index (χ4n) is 1.23. The first-order valence-electron chi connectivity index (χ1n) is 5.43. The number of benzene rings is 1. The fourth-order valence-corrected chi connectivity index (χ4v) is 2.09. The highest BCUT2D eigenvalue weighted by molar-refractivity contribution is 8.00. The van der Waals surface area contributed by atoms with Gasteiger partial charge in [-0.2, -0.15) is 0 Å². The normalized spacial score (nSPS) is 10.3. The van der Waals surface area contributed by atoms with Crippen LogP contribution in [0.5, 0.6) is 0 Å². The first-order chi connectivity index (χ1) is 8.90. The van der Waals surface area contributed by atoms with Crippen molar-refractivity contribution < 1.29 is 23.5 Å².